The molecule has 2 aromatic heterocycles. The number of benzene rings is 1. The highest BCUT2D eigenvalue weighted by molar-refractivity contribution is 6.19. The summed E-state index contributed by atoms with van der Waals surface area (Å²) in [4.78, 5) is 41.0. The first-order chi connectivity index (χ1) is 18.2. The first kappa shape index (κ1) is 27.5. The van der Waals surface area contributed by atoms with Crippen LogP contribution in [0.2, 0.25) is 0 Å². The summed E-state index contributed by atoms with van der Waals surface area (Å²) in [5.41, 5.74) is 5.20. The molecule has 1 aliphatic rings. The van der Waals surface area contributed by atoms with E-state index < -0.39 is 5.41 Å². The van der Waals surface area contributed by atoms with Crippen LogP contribution in [0.4, 0.5) is 11.4 Å². The van der Waals surface area contributed by atoms with Crippen LogP contribution < -0.4 is 9.80 Å². The Morgan fingerprint density at radius 2 is 1.71 bits per heavy atom. The summed E-state index contributed by atoms with van der Waals surface area (Å²) in [5, 5.41) is 0. The van der Waals surface area contributed by atoms with Crippen molar-refractivity contribution in [2.75, 3.05) is 36.5 Å². The van der Waals surface area contributed by atoms with Crippen LogP contribution in [0, 0.1) is 12.3 Å². The zero-order chi connectivity index (χ0) is 27.3. The van der Waals surface area contributed by atoms with Crippen molar-refractivity contribution in [2.45, 2.75) is 53.5 Å². The summed E-state index contributed by atoms with van der Waals surface area (Å²) in [6.07, 6.45) is 8.38. The summed E-state index contributed by atoms with van der Waals surface area (Å²) in [7, 11) is 1.77. The van der Waals surface area contributed by atoms with Gasteiger partial charge in [0.25, 0.3) is 0 Å². The molecule has 7 nitrogen and oxygen atoms in total. The van der Waals surface area contributed by atoms with E-state index in [0.29, 0.717) is 6.54 Å². The van der Waals surface area contributed by atoms with E-state index in [2.05, 4.69) is 46.1 Å². The number of hydrogen-bond donors (Lipinski definition) is 0. The summed E-state index contributed by atoms with van der Waals surface area (Å²) in [6.45, 7) is 10.7. The minimum Gasteiger partial charge on any atom is -0.313 e. The molecule has 0 saturated carbocycles. The fraction of sp³-hybridized carbons (Fsp3) is 0.419. The van der Waals surface area contributed by atoms with Gasteiger partial charge in [0.1, 0.15) is 5.41 Å². The highest BCUT2D eigenvalue weighted by Gasteiger charge is 2.45. The first-order valence-corrected chi connectivity index (χ1v) is 13.5. The lowest BCUT2D eigenvalue weighted by Gasteiger charge is -2.27. The maximum atomic E-state index is 13.2. The van der Waals surface area contributed by atoms with Crippen LogP contribution in [-0.2, 0) is 29.0 Å². The molecule has 0 fully saturated rings. The summed E-state index contributed by atoms with van der Waals surface area (Å²) >= 11 is 0. The van der Waals surface area contributed by atoms with Gasteiger partial charge in [-0.2, -0.15) is 0 Å². The number of carbonyl (C=O) groups is 2. The molecule has 0 spiro atoms. The quantitative estimate of drug-likeness (QED) is 0.364. The highest BCUT2D eigenvalue weighted by atomic mass is 16.2. The molecular formula is C31H39N5O2. The number of aromatic nitrogens is 2. The van der Waals surface area contributed by atoms with Crippen molar-refractivity contribution in [1.82, 2.24) is 14.9 Å². The number of rotatable bonds is 10. The molecule has 1 aromatic carbocycles. The SMILES string of the molecule is CCN1C(=O)C(C)(C)C(=O)N(C)c2cc(CCCN(CCc3cccnc3)Cc3ncccc3C)ccc21. The minimum atomic E-state index is -1.09. The molecule has 0 saturated heterocycles. The number of hydrogen-bond acceptors (Lipinski definition) is 5. The maximum Gasteiger partial charge on any atom is 0.242 e. The topological polar surface area (TPSA) is 69.6 Å². The molecule has 2 amide bonds. The third-order valence-corrected chi connectivity index (χ3v) is 7.50. The van der Waals surface area contributed by atoms with E-state index in [1.807, 2.05) is 37.5 Å². The molecule has 0 unspecified atom stereocenters. The molecule has 4 rings (SSSR count). The van der Waals surface area contributed by atoms with Crippen LogP contribution in [0.25, 0.3) is 0 Å². The van der Waals surface area contributed by atoms with Crippen molar-refractivity contribution < 1.29 is 9.59 Å². The van der Waals surface area contributed by atoms with Gasteiger partial charge in [-0.3, -0.25) is 24.5 Å². The lowest BCUT2D eigenvalue weighted by atomic mass is 9.90. The Morgan fingerprint density at radius 3 is 2.42 bits per heavy atom. The van der Waals surface area contributed by atoms with Crippen LogP contribution in [0.15, 0.2) is 61.1 Å². The molecule has 3 aromatic rings. The monoisotopic (exact) mass is 513 g/mol. The van der Waals surface area contributed by atoms with E-state index >= 15 is 0 Å². The third-order valence-electron chi connectivity index (χ3n) is 7.50. The lowest BCUT2D eigenvalue weighted by Crippen LogP contribution is -2.47. The van der Waals surface area contributed by atoms with E-state index in [9.17, 15) is 9.59 Å². The summed E-state index contributed by atoms with van der Waals surface area (Å²) < 4.78 is 0. The average Bonchev–Trinajstić information content (AvgIpc) is 2.97. The van der Waals surface area contributed by atoms with E-state index in [-0.39, 0.29) is 11.8 Å². The van der Waals surface area contributed by atoms with Gasteiger partial charge in [-0.15, -0.1) is 0 Å². The highest BCUT2D eigenvalue weighted by Crippen LogP contribution is 2.38. The number of amides is 2. The van der Waals surface area contributed by atoms with E-state index in [1.165, 1.54) is 11.1 Å². The van der Waals surface area contributed by atoms with Gasteiger partial charge in [-0.05, 0) is 94.5 Å². The molecule has 0 bridgehead atoms. The van der Waals surface area contributed by atoms with Gasteiger partial charge in [0.15, 0.2) is 0 Å². The molecule has 200 valence electrons. The number of carbonyl (C=O) groups excluding carboxylic acids is 2. The van der Waals surface area contributed by atoms with Gasteiger partial charge in [0.05, 0.1) is 17.1 Å². The Hall–Kier alpha value is -3.58. The van der Waals surface area contributed by atoms with E-state index in [4.69, 9.17) is 0 Å². The number of nitrogens with zero attached hydrogens (tertiary/aromatic N) is 5. The Bertz CT molecular complexity index is 1270. The molecule has 3 heterocycles. The second-order valence-corrected chi connectivity index (χ2v) is 10.6. The van der Waals surface area contributed by atoms with Crippen molar-refractivity contribution in [3.8, 4) is 0 Å². The van der Waals surface area contributed by atoms with Gasteiger partial charge < -0.3 is 9.80 Å². The lowest BCUT2D eigenvalue weighted by molar-refractivity contribution is -0.137. The smallest absolute Gasteiger partial charge is 0.242 e. The number of pyridine rings is 2. The Balaban J connectivity index is 1.48. The molecular weight excluding hydrogens is 474 g/mol. The molecule has 38 heavy (non-hydrogen) atoms. The average molecular weight is 514 g/mol. The van der Waals surface area contributed by atoms with Gasteiger partial charge in [0.2, 0.25) is 11.8 Å². The van der Waals surface area contributed by atoms with E-state index in [0.717, 1.165) is 61.5 Å². The molecule has 7 heteroatoms. The standard InChI is InChI=1S/C31H39N5O2/c1-6-36-27-14-13-24(20-28(27)34(5)29(37)31(3,4)30(36)38)12-9-18-35(19-15-25-11-8-16-32-21-25)22-26-23(2)10-7-17-33-26/h7-8,10-11,13-14,16-17,20-21H,6,9,12,15,18-19,22H2,1-5H3. The number of anilines is 2. The molecule has 0 N–H and O–H groups in total. The maximum absolute atomic E-state index is 13.2. The Kier molecular flexibility index (Phi) is 8.57. The van der Waals surface area contributed by atoms with Crippen LogP contribution in [0.1, 0.15) is 49.6 Å². The predicted molar refractivity (Wildman–Crippen MR) is 152 cm³/mol. The van der Waals surface area contributed by atoms with Crippen molar-refractivity contribution in [1.29, 1.82) is 0 Å². The largest absolute Gasteiger partial charge is 0.313 e. The second-order valence-electron chi connectivity index (χ2n) is 10.6. The van der Waals surface area contributed by atoms with Crippen molar-refractivity contribution in [3.05, 3.63) is 83.4 Å². The predicted octanol–water partition coefficient (Wildman–Crippen LogP) is 4.82. The number of fused-ring (bicyclic) bond motifs is 1. The van der Waals surface area contributed by atoms with Crippen molar-refractivity contribution in [2.24, 2.45) is 5.41 Å². The number of aryl methyl sites for hydroxylation is 2. The Labute approximate surface area is 226 Å². The van der Waals surface area contributed by atoms with Gasteiger partial charge >= 0.3 is 0 Å². The first-order valence-electron chi connectivity index (χ1n) is 13.5. The summed E-state index contributed by atoms with van der Waals surface area (Å²) in [6, 6.07) is 14.4. The molecule has 0 atom stereocenters. The molecule has 0 radical (unpaired) electrons. The fourth-order valence-electron chi connectivity index (χ4n) is 5.11. The summed E-state index contributed by atoms with van der Waals surface area (Å²) in [5.74, 6) is -0.332. The Morgan fingerprint density at radius 1 is 0.921 bits per heavy atom. The van der Waals surface area contributed by atoms with Gasteiger partial charge in [0, 0.05) is 45.3 Å². The molecule has 1 aliphatic heterocycles. The van der Waals surface area contributed by atoms with E-state index in [1.54, 1.807) is 36.9 Å². The van der Waals surface area contributed by atoms with Gasteiger partial charge in [-0.1, -0.05) is 18.2 Å². The van der Waals surface area contributed by atoms with Crippen molar-refractivity contribution >= 4 is 23.2 Å². The van der Waals surface area contributed by atoms with Crippen molar-refractivity contribution in [3.63, 3.8) is 0 Å². The van der Waals surface area contributed by atoms with Crippen LogP contribution in [-0.4, -0.2) is 53.4 Å². The minimum absolute atomic E-state index is 0.155. The van der Waals surface area contributed by atoms with Crippen LogP contribution >= 0.6 is 0 Å². The zero-order valence-electron chi connectivity index (χ0n) is 23.3. The third kappa shape index (κ3) is 5.94. The normalized spacial score (nSPS) is 15.1. The fourth-order valence-corrected chi connectivity index (χ4v) is 5.11. The second kappa shape index (κ2) is 11.9. The van der Waals surface area contributed by atoms with Gasteiger partial charge in [-0.25, -0.2) is 0 Å². The zero-order valence-corrected chi connectivity index (χ0v) is 23.3. The van der Waals surface area contributed by atoms with Crippen LogP contribution in [0.5, 0.6) is 0 Å². The van der Waals surface area contributed by atoms with Crippen LogP contribution in [0.3, 0.4) is 0 Å². The molecule has 0 aliphatic carbocycles.